The molecule has 0 amide bonds. The SMILES string of the molecule is Cc1cc(N)c(S(=O)(=O)NCCC(C)S(C)=O)cc1C. The summed E-state index contributed by atoms with van der Waals surface area (Å²) in [5.74, 6) is 0. The van der Waals surface area contributed by atoms with Gasteiger partial charge in [0.15, 0.2) is 0 Å². The lowest BCUT2D eigenvalue weighted by Gasteiger charge is -2.13. The smallest absolute Gasteiger partial charge is 0.242 e. The van der Waals surface area contributed by atoms with Crippen LogP contribution in [-0.4, -0.2) is 30.7 Å². The monoisotopic (exact) mass is 318 g/mol. The minimum absolute atomic E-state index is 0.0465. The summed E-state index contributed by atoms with van der Waals surface area (Å²) in [6.45, 7) is 5.80. The summed E-state index contributed by atoms with van der Waals surface area (Å²) in [5.41, 5.74) is 7.86. The third kappa shape index (κ3) is 4.29. The summed E-state index contributed by atoms with van der Waals surface area (Å²) in [6, 6.07) is 3.24. The van der Waals surface area contributed by atoms with Crippen LogP contribution < -0.4 is 10.5 Å². The Bertz CT molecular complexity index is 612. The minimum atomic E-state index is -3.63. The number of benzene rings is 1. The van der Waals surface area contributed by atoms with Crippen LogP contribution in [0.2, 0.25) is 0 Å². The topological polar surface area (TPSA) is 89.3 Å². The Kier molecular flexibility index (Phi) is 5.73. The van der Waals surface area contributed by atoms with Crippen molar-refractivity contribution in [3.05, 3.63) is 23.3 Å². The summed E-state index contributed by atoms with van der Waals surface area (Å²) < 4.78 is 38.1. The third-order valence-corrected chi connectivity index (χ3v) is 6.21. The fraction of sp³-hybridized carbons (Fsp3) is 0.538. The maximum absolute atomic E-state index is 12.2. The highest BCUT2D eigenvalue weighted by molar-refractivity contribution is 7.89. The fourth-order valence-corrected chi connectivity index (χ4v) is 3.38. The normalized spacial score (nSPS) is 15.0. The number of hydrogen-bond acceptors (Lipinski definition) is 4. The van der Waals surface area contributed by atoms with Crippen molar-refractivity contribution in [1.82, 2.24) is 4.72 Å². The molecule has 2 atom stereocenters. The lowest BCUT2D eigenvalue weighted by atomic mass is 10.1. The van der Waals surface area contributed by atoms with E-state index >= 15 is 0 Å². The molecule has 3 N–H and O–H groups in total. The molecule has 0 heterocycles. The van der Waals surface area contributed by atoms with Gasteiger partial charge in [-0.1, -0.05) is 6.92 Å². The van der Waals surface area contributed by atoms with Gasteiger partial charge in [0.2, 0.25) is 10.0 Å². The fourth-order valence-electron chi connectivity index (χ4n) is 1.69. The number of sulfonamides is 1. The van der Waals surface area contributed by atoms with Crippen LogP contribution in [0.15, 0.2) is 17.0 Å². The maximum atomic E-state index is 12.2. The molecule has 2 unspecified atom stereocenters. The van der Waals surface area contributed by atoms with Gasteiger partial charge in [-0.3, -0.25) is 4.21 Å². The highest BCUT2D eigenvalue weighted by atomic mass is 32.2. The molecule has 0 radical (unpaired) electrons. The van der Waals surface area contributed by atoms with Gasteiger partial charge in [0.1, 0.15) is 4.90 Å². The average molecular weight is 318 g/mol. The van der Waals surface area contributed by atoms with Crippen LogP contribution >= 0.6 is 0 Å². The Hall–Kier alpha value is -0.920. The number of aryl methyl sites for hydroxylation is 2. The van der Waals surface area contributed by atoms with E-state index in [1.165, 1.54) is 0 Å². The van der Waals surface area contributed by atoms with Crippen LogP contribution in [0.25, 0.3) is 0 Å². The number of nitrogens with one attached hydrogen (secondary N) is 1. The largest absolute Gasteiger partial charge is 0.398 e. The van der Waals surface area contributed by atoms with Crippen LogP contribution in [0.3, 0.4) is 0 Å². The lowest BCUT2D eigenvalue weighted by Crippen LogP contribution is -2.28. The first-order valence-electron chi connectivity index (χ1n) is 6.33. The maximum Gasteiger partial charge on any atom is 0.242 e. The Balaban J connectivity index is 2.85. The molecule has 5 nitrogen and oxygen atoms in total. The first-order valence-corrected chi connectivity index (χ1v) is 9.44. The van der Waals surface area contributed by atoms with Gasteiger partial charge in [-0.05, 0) is 43.5 Å². The first-order chi connectivity index (χ1) is 9.15. The quantitative estimate of drug-likeness (QED) is 0.774. The number of hydrogen-bond donors (Lipinski definition) is 2. The van der Waals surface area contributed by atoms with Crippen LogP contribution in [0.5, 0.6) is 0 Å². The molecule has 1 rings (SSSR count). The molecule has 7 heteroatoms. The van der Waals surface area contributed by atoms with E-state index < -0.39 is 20.8 Å². The second-order valence-electron chi connectivity index (χ2n) is 4.97. The molecule has 0 aliphatic carbocycles. The van der Waals surface area contributed by atoms with Crippen molar-refractivity contribution in [2.75, 3.05) is 18.5 Å². The summed E-state index contributed by atoms with van der Waals surface area (Å²) in [6.07, 6.45) is 2.13. The zero-order valence-electron chi connectivity index (χ0n) is 12.3. The van der Waals surface area contributed by atoms with E-state index in [2.05, 4.69) is 4.72 Å². The number of anilines is 1. The van der Waals surface area contributed by atoms with Crippen molar-refractivity contribution in [2.24, 2.45) is 0 Å². The summed E-state index contributed by atoms with van der Waals surface area (Å²) >= 11 is 0. The van der Waals surface area contributed by atoms with Crippen LogP contribution in [0.1, 0.15) is 24.5 Å². The molecule has 0 aromatic heterocycles. The van der Waals surface area contributed by atoms with Gasteiger partial charge in [0.05, 0.1) is 5.69 Å². The highest BCUT2D eigenvalue weighted by Crippen LogP contribution is 2.22. The molecule has 20 heavy (non-hydrogen) atoms. The van der Waals surface area contributed by atoms with Gasteiger partial charge in [0.25, 0.3) is 0 Å². The molecule has 0 aliphatic heterocycles. The molecule has 0 saturated heterocycles. The van der Waals surface area contributed by atoms with E-state index in [0.717, 1.165) is 11.1 Å². The zero-order valence-corrected chi connectivity index (χ0v) is 13.9. The van der Waals surface area contributed by atoms with E-state index in [1.54, 1.807) is 18.4 Å². The van der Waals surface area contributed by atoms with Gasteiger partial charge in [-0.25, -0.2) is 13.1 Å². The predicted octanol–water partition coefficient (Wildman–Crippen LogP) is 1.32. The van der Waals surface area contributed by atoms with Gasteiger partial charge in [-0.15, -0.1) is 0 Å². The van der Waals surface area contributed by atoms with Gasteiger partial charge in [0, 0.05) is 28.9 Å². The molecule has 0 fully saturated rings. The molecule has 0 spiro atoms. The number of nitrogens with two attached hydrogens (primary N) is 1. The Morgan fingerprint density at radius 2 is 1.85 bits per heavy atom. The molecule has 1 aromatic carbocycles. The third-order valence-electron chi connectivity index (χ3n) is 3.33. The van der Waals surface area contributed by atoms with Crippen molar-refractivity contribution in [3.8, 4) is 0 Å². The molecule has 0 saturated carbocycles. The molecular formula is C13H22N2O3S2. The highest BCUT2D eigenvalue weighted by Gasteiger charge is 2.18. The average Bonchev–Trinajstić information content (AvgIpc) is 2.33. The summed E-state index contributed by atoms with van der Waals surface area (Å²) in [4.78, 5) is 0.103. The van der Waals surface area contributed by atoms with Gasteiger partial charge in [-0.2, -0.15) is 0 Å². The lowest BCUT2D eigenvalue weighted by molar-refractivity contribution is 0.578. The Morgan fingerprint density at radius 3 is 2.40 bits per heavy atom. The predicted molar refractivity (Wildman–Crippen MR) is 83.7 cm³/mol. The van der Waals surface area contributed by atoms with E-state index in [9.17, 15) is 12.6 Å². The molecular weight excluding hydrogens is 296 g/mol. The zero-order chi connectivity index (χ0) is 15.5. The standard InChI is InChI=1S/C13H22N2O3S2/c1-9-7-12(14)13(8-10(9)2)20(17,18)15-6-5-11(3)19(4)16/h7-8,11,15H,5-6,14H2,1-4H3. The second kappa shape index (κ2) is 6.69. The van der Waals surface area contributed by atoms with Crippen molar-refractivity contribution < 1.29 is 12.6 Å². The minimum Gasteiger partial charge on any atom is -0.398 e. The summed E-state index contributed by atoms with van der Waals surface area (Å²) in [7, 11) is -4.58. The Labute approximate surface area is 123 Å². The molecule has 0 aliphatic rings. The molecule has 1 aromatic rings. The van der Waals surface area contributed by atoms with Crippen LogP contribution in [-0.2, 0) is 20.8 Å². The number of nitrogen functional groups attached to an aromatic ring is 1. The van der Waals surface area contributed by atoms with Crippen molar-refractivity contribution in [1.29, 1.82) is 0 Å². The van der Waals surface area contributed by atoms with Crippen molar-refractivity contribution >= 4 is 26.5 Å². The summed E-state index contributed by atoms with van der Waals surface area (Å²) in [5, 5.41) is -0.0465. The second-order valence-corrected chi connectivity index (χ2v) is 8.51. The van der Waals surface area contributed by atoms with Gasteiger partial charge < -0.3 is 5.73 Å². The van der Waals surface area contributed by atoms with Gasteiger partial charge >= 0.3 is 0 Å². The van der Waals surface area contributed by atoms with E-state index in [4.69, 9.17) is 5.73 Å². The Morgan fingerprint density at radius 1 is 1.30 bits per heavy atom. The van der Waals surface area contributed by atoms with Crippen LogP contribution in [0, 0.1) is 13.8 Å². The molecule has 114 valence electrons. The van der Waals surface area contributed by atoms with Crippen molar-refractivity contribution in [2.45, 2.75) is 37.3 Å². The number of rotatable bonds is 6. The first kappa shape index (κ1) is 17.1. The van der Waals surface area contributed by atoms with Crippen LogP contribution in [0.4, 0.5) is 5.69 Å². The van der Waals surface area contributed by atoms with E-state index in [1.807, 2.05) is 20.8 Å². The van der Waals surface area contributed by atoms with Crippen molar-refractivity contribution in [3.63, 3.8) is 0 Å². The van der Waals surface area contributed by atoms with E-state index in [0.29, 0.717) is 6.42 Å². The van der Waals surface area contributed by atoms with E-state index in [-0.39, 0.29) is 22.4 Å². The molecule has 0 bridgehead atoms.